The zero-order valence-corrected chi connectivity index (χ0v) is 14.3. The second-order valence-corrected chi connectivity index (χ2v) is 6.34. The molecule has 2 aromatic carbocycles. The Bertz CT molecular complexity index is 836. The first-order valence-electron chi connectivity index (χ1n) is 8.75. The van der Waals surface area contributed by atoms with Crippen LogP contribution in [0.25, 0.3) is 0 Å². The van der Waals surface area contributed by atoms with Crippen molar-refractivity contribution in [1.29, 1.82) is 0 Å². The minimum Gasteiger partial charge on any atom is -0.493 e. The maximum atomic E-state index is 12.7. The summed E-state index contributed by atoms with van der Waals surface area (Å²) in [5, 5.41) is 3.04. The molecule has 0 saturated heterocycles. The molecule has 0 saturated carbocycles. The Balaban J connectivity index is 1.51. The summed E-state index contributed by atoms with van der Waals surface area (Å²) in [7, 11) is 0. The summed E-state index contributed by atoms with van der Waals surface area (Å²) in [6, 6.07) is 14.9. The van der Waals surface area contributed by atoms with Crippen LogP contribution in [0.1, 0.15) is 24.4 Å². The summed E-state index contributed by atoms with van der Waals surface area (Å²) < 4.78 is 11.2. The number of hydrogen-bond donors (Lipinski definition) is 1. The van der Waals surface area contributed by atoms with Crippen LogP contribution in [0, 0.1) is 0 Å². The molecule has 1 N–H and O–H groups in total. The van der Waals surface area contributed by atoms with Gasteiger partial charge in [0.05, 0.1) is 31.4 Å². The Hall–Kier alpha value is -3.02. The molecule has 1 atom stereocenters. The number of nitrogens with zero attached hydrogens (tertiary/aromatic N) is 1. The van der Waals surface area contributed by atoms with Crippen LogP contribution in [0.5, 0.6) is 11.5 Å². The first-order valence-corrected chi connectivity index (χ1v) is 8.75. The molecule has 0 aliphatic carbocycles. The average molecular weight is 352 g/mol. The van der Waals surface area contributed by atoms with E-state index in [1.165, 1.54) is 4.90 Å². The minimum absolute atomic E-state index is 0.0290. The van der Waals surface area contributed by atoms with Gasteiger partial charge in [-0.1, -0.05) is 30.3 Å². The van der Waals surface area contributed by atoms with Crippen LogP contribution in [0.4, 0.5) is 5.69 Å². The van der Waals surface area contributed by atoms with Crippen molar-refractivity contribution in [3.8, 4) is 11.5 Å². The van der Waals surface area contributed by atoms with E-state index in [4.69, 9.17) is 9.47 Å². The Kier molecular flexibility index (Phi) is 4.48. The summed E-state index contributed by atoms with van der Waals surface area (Å²) in [5.74, 6) is 1.12. The van der Waals surface area contributed by atoms with Crippen molar-refractivity contribution in [2.45, 2.75) is 18.9 Å². The van der Waals surface area contributed by atoms with E-state index in [-0.39, 0.29) is 30.8 Å². The lowest BCUT2D eigenvalue weighted by Gasteiger charge is -2.28. The number of fused-ring (bicyclic) bond motifs is 2. The molecule has 2 aromatic rings. The molecule has 6 heteroatoms. The van der Waals surface area contributed by atoms with Crippen LogP contribution in [-0.2, 0) is 9.59 Å². The highest BCUT2D eigenvalue weighted by Gasteiger charge is 2.27. The molecule has 0 fully saturated rings. The van der Waals surface area contributed by atoms with Crippen molar-refractivity contribution in [3.63, 3.8) is 0 Å². The van der Waals surface area contributed by atoms with E-state index in [2.05, 4.69) is 5.32 Å². The van der Waals surface area contributed by atoms with E-state index in [0.717, 1.165) is 11.3 Å². The van der Waals surface area contributed by atoms with Gasteiger partial charge in [-0.25, -0.2) is 0 Å². The molecule has 2 amide bonds. The zero-order valence-electron chi connectivity index (χ0n) is 14.3. The molecule has 0 radical (unpaired) electrons. The lowest BCUT2D eigenvalue weighted by Crippen LogP contribution is -2.42. The molecule has 0 spiro atoms. The summed E-state index contributed by atoms with van der Waals surface area (Å²) >= 11 is 0. The molecule has 0 aromatic heterocycles. The maximum absolute atomic E-state index is 12.7. The molecule has 2 aliphatic rings. The van der Waals surface area contributed by atoms with Crippen LogP contribution in [0.3, 0.4) is 0 Å². The van der Waals surface area contributed by atoms with E-state index in [9.17, 15) is 9.59 Å². The van der Waals surface area contributed by atoms with Crippen LogP contribution < -0.4 is 19.7 Å². The maximum Gasteiger partial charge on any atom is 0.240 e. The predicted molar refractivity (Wildman–Crippen MR) is 96.3 cm³/mol. The number of carbonyl (C=O) groups excluding carboxylic acids is 2. The van der Waals surface area contributed by atoms with Gasteiger partial charge in [-0.3, -0.25) is 14.5 Å². The number of anilines is 1. The van der Waals surface area contributed by atoms with Gasteiger partial charge < -0.3 is 14.8 Å². The summed E-state index contributed by atoms with van der Waals surface area (Å²) in [6.45, 7) is 0.849. The van der Waals surface area contributed by atoms with Crippen molar-refractivity contribution in [1.82, 2.24) is 5.32 Å². The number of amides is 2. The number of carbonyl (C=O) groups is 2. The Morgan fingerprint density at radius 3 is 2.65 bits per heavy atom. The van der Waals surface area contributed by atoms with Crippen LogP contribution >= 0.6 is 0 Å². The largest absolute Gasteiger partial charge is 0.493 e. The average Bonchev–Trinajstić information content (AvgIpc) is 2.81. The van der Waals surface area contributed by atoms with Crippen LogP contribution in [0.15, 0.2) is 48.5 Å². The minimum atomic E-state index is -0.197. The molecule has 26 heavy (non-hydrogen) atoms. The van der Waals surface area contributed by atoms with E-state index in [1.54, 1.807) is 6.07 Å². The Labute approximate surface area is 151 Å². The highest BCUT2D eigenvalue weighted by atomic mass is 16.5. The smallest absolute Gasteiger partial charge is 0.240 e. The van der Waals surface area contributed by atoms with E-state index < -0.39 is 0 Å². The van der Waals surface area contributed by atoms with Gasteiger partial charge in [-0.15, -0.1) is 0 Å². The van der Waals surface area contributed by atoms with Crippen molar-refractivity contribution in [3.05, 3.63) is 54.1 Å². The van der Waals surface area contributed by atoms with E-state index >= 15 is 0 Å². The third kappa shape index (κ3) is 3.22. The van der Waals surface area contributed by atoms with Gasteiger partial charge in [-0.2, -0.15) is 0 Å². The summed E-state index contributed by atoms with van der Waals surface area (Å²) in [6.07, 6.45) is 0.957. The van der Waals surface area contributed by atoms with E-state index in [0.29, 0.717) is 31.1 Å². The fourth-order valence-electron chi connectivity index (χ4n) is 3.37. The van der Waals surface area contributed by atoms with Gasteiger partial charge >= 0.3 is 0 Å². The monoisotopic (exact) mass is 352 g/mol. The third-order valence-corrected chi connectivity index (χ3v) is 4.63. The molecule has 2 heterocycles. The van der Waals surface area contributed by atoms with Gasteiger partial charge in [0.25, 0.3) is 0 Å². The topological polar surface area (TPSA) is 67.9 Å². The number of hydrogen-bond acceptors (Lipinski definition) is 4. The van der Waals surface area contributed by atoms with Crippen molar-refractivity contribution in [2.24, 2.45) is 0 Å². The zero-order chi connectivity index (χ0) is 17.9. The number of ether oxygens (including phenoxy) is 2. The number of para-hydroxylation sites is 3. The quantitative estimate of drug-likeness (QED) is 0.921. The first kappa shape index (κ1) is 16.4. The van der Waals surface area contributed by atoms with Crippen molar-refractivity contribution < 1.29 is 19.1 Å². The Morgan fingerprint density at radius 2 is 1.77 bits per heavy atom. The van der Waals surface area contributed by atoms with Crippen molar-refractivity contribution in [2.75, 3.05) is 24.7 Å². The molecular weight excluding hydrogens is 332 g/mol. The third-order valence-electron chi connectivity index (χ3n) is 4.63. The predicted octanol–water partition coefficient (Wildman–Crippen LogP) is 2.44. The summed E-state index contributed by atoms with van der Waals surface area (Å²) in [5.41, 5.74) is 1.61. The van der Waals surface area contributed by atoms with Gasteiger partial charge in [0.1, 0.15) is 18.0 Å². The Morgan fingerprint density at radius 1 is 1.04 bits per heavy atom. The molecule has 4 rings (SSSR count). The highest BCUT2D eigenvalue weighted by molar-refractivity contribution is 6.00. The number of benzene rings is 2. The normalized spacial score (nSPS) is 18.7. The van der Waals surface area contributed by atoms with Gasteiger partial charge in [0, 0.05) is 12.0 Å². The first-order chi connectivity index (χ1) is 12.7. The molecule has 6 nitrogen and oxygen atoms in total. The molecule has 0 unspecified atom stereocenters. The van der Waals surface area contributed by atoms with Crippen molar-refractivity contribution >= 4 is 17.5 Å². The lowest BCUT2D eigenvalue weighted by atomic mass is 10.0. The second-order valence-electron chi connectivity index (χ2n) is 6.34. The van der Waals surface area contributed by atoms with Gasteiger partial charge in [-0.05, 0) is 18.2 Å². The lowest BCUT2D eigenvalue weighted by molar-refractivity contribution is -0.124. The summed E-state index contributed by atoms with van der Waals surface area (Å²) in [4.78, 5) is 26.6. The highest BCUT2D eigenvalue weighted by Crippen LogP contribution is 2.33. The molecular formula is C20H20N2O4. The molecule has 2 aliphatic heterocycles. The SMILES string of the molecule is O=C(CN1C(=O)CCOc2ccccc21)N[C@H]1CCOc2ccccc21. The van der Waals surface area contributed by atoms with E-state index in [1.807, 2.05) is 42.5 Å². The standard InChI is InChI=1S/C20H20N2O4/c23-19(21-15-9-11-25-17-7-3-1-5-14(15)17)13-22-16-6-2-4-8-18(16)26-12-10-20(22)24/h1-8,15H,9-13H2,(H,21,23)/t15-/m0/s1. The van der Waals surface area contributed by atoms with Crippen LogP contribution in [-0.4, -0.2) is 31.6 Å². The second kappa shape index (κ2) is 7.07. The van der Waals surface area contributed by atoms with Crippen LogP contribution in [0.2, 0.25) is 0 Å². The van der Waals surface area contributed by atoms with Gasteiger partial charge in [0.2, 0.25) is 11.8 Å². The number of nitrogens with one attached hydrogen (secondary N) is 1. The molecule has 0 bridgehead atoms. The fraction of sp³-hybridized carbons (Fsp3) is 0.300. The number of rotatable bonds is 3. The fourth-order valence-corrected chi connectivity index (χ4v) is 3.37. The van der Waals surface area contributed by atoms with Gasteiger partial charge in [0.15, 0.2) is 0 Å². The molecule has 134 valence electrons.